The zero-order valence-electron chi connectivity index (χ0n) is 72.7. The zero-order valence-corrected chi connectivity index (χ0v) is 73.5. The average Bonchev–Trinajstić information content (AvgIpc) is 1.56. The summed E-state index contributed by atoms with van der Waals surface area (Å²) in [6.07, 6.45) is 0. The molecule has 1 aliphatic carbocycles. The van der Waals surface area contributed by atoms with E-state index in [1.54, 1.807) is 0 Å². The Kier molecular flexibility index (Phi) is 16.5. The van der Waals surface area contributed by atoms with Gasteiger partial charge in [0.15, 0.2) is 17.5 Å². The molecule has 0 unspecified atom stereocenters. The first-order valence-corrected chi connectivity index (χ1v) is 46.4. The molecule has 0 spiro atoms. The van der Waals surface area contributed by atoms with Crippen molar-refractivity contribution in [1.29, 1.82) is 0 Å². The number of aromatic nitrogens is 9. The van der Waals surface area contributed by atoms with E-state index >= 15 is 0 Å². The van der Waals surface area contributed by atoms with Gasteiger partial charge in [-0.2, -0.15) is 0 Å². The quantitative estimate of drug-likeness (QED) is 0.163. The van der Waals surface area contributed by atoms with Crippen LogP contribution >= 0.6 is 11.3 Å². The van der Waals surface area contributed by atoms with E-state index in [1.165, 1.54) is 139 Å². The summed E-state index contributed by atoms with van der Waals surface area (Å²) in [7, 11) is 0. The van der Waals surface area contributed by atoms with Gasteiger partial charge in [0.05, 0.1) is 49.7 Å². The van der Waals surface area contributed by atoms with E-state index in [2.05, 4.69) is 422 Å². The maximum atomic E-state index is 6.24. The highest BCUT2D eigenvalue weighted by molar-refractivity contribution is 7.25. The topological polar surface area (TPSA) is 105 Å². The summed E-state index contributed by atoms with van der Waals surface area (Å²) in [6.45, 7) is 4.64. The van der Waals surface area contributed by atoms with Crippen molar-refractivity contribution in [3.8, 4) is 62.7 Å². The van der Waals surface area contributed by atoms with Gasteiger partial charge in [0.25, 0.3) is 0 Å². The number of thiophene rings is 1. The normalized spacial score (nSPS) is 12.6. The Hall–Kier alpha value is -17.4. The fraction of sp³-hybridized carbons (Fsp3) is 0.0244. The number of benzene rings is 21. The number of nitrogens with zero attached hydrogens (tertiary/aromatic N) is 9. The van der Waals surface area contributed by atoms with Crippen LogP contribution in [0.25, 0.3) is 268 Å². The van der Waals surface area contributed by atoms with Crippen molar-refractivity contribution in [3.05, 3.63) is 430 Å². The molecule has 0 amide bonds. The summed E-state index contributed by atoms with van der Waals surface area (Å²) >= 11 is 1.82. The molecule has 1 aliphatic rings. The van der Waals surface area contributed by atoms with Crippen LogP contribution in [0.2, 0.25) is 0 Å². The third-order valence-corrected chi connectivity index (χ3v) is 29.2. The largest absolute Gasteiger partial charge is 0.456 e. The first-order chi connectivity index (χ1) is 66.1. The maximum Gasteiger partial charge on any atom is 0.162 e. The van der Waals surface area contributed by atoms with Crippen LogP contribution in [0.5, 0.6) is 0 Å². The molecule has 624 valence electrons. The Labute approximate surface area is 770 Å². The van der Waals surface area contributed by atoms with Gasteiger partial charge >= 0.3 is 0 Å². The summed E-state index contributed by atoms with van der Waals surface area (Å²) in [5, 5.41) is 29.9. The maximum absolute atomic E-state index is 6.24. The number of hydrogen-bond acceptors (Lipinski definition) is 8. The lowest BCUT2D eigenvalue weighted by atomic mass is 9.82. The molecule has 0 radical (unpaired) electrons. The first-order valence-electron chi connectivity index (χ1n) is 45.6. The van der Waals surface area contributed by atoms with Crippen LogP contribution in [-0.4, -0.2) is 43.6 Å². The molecular formula is C123H75N9OS. The molecule has 0 fully saturated rings. The van der Waals surface area contributed by atoms with Crippen LogP contribution in [0.4, 0.5) is 0 Å². The molecule has 29 aromatic rings. The monoisotopic (exact) mass is 1730 g/mol. The minimum atomic E-state index is -0.101. The smallest absolute Gasteiger partial charge is 0.162 e. The summed E-state index contributed by atoms with van der Waals surface area (Å²) in [4.78, 5) is 31.5. The molecule has 0 N–H and O–H groups in total. The van der Waals surface area contributed by atoms with Crippen molar-refractivity contribution < 1.29 is 4.42 Å². The average molecular weight is 1730 g/mol. The van der Waals surface area contributed by atoms with E-state index in [1.807, 2.05) is 35.6 Å². The number of furan rings is 1. The Balaban J connectivity index is 0.000000100. The SMILES string of the molecule is CC1(C)c2ccccc2-c2ccc(-c3nc(-n4c5cc6ccccc6cc5c5cc6ccccc6cc54)c4ccccc4n3)cc21.c1ccc2cc3c(cc2c1)c1c2ccccc2ccc1n3-c1nc(-c2ccc3c(c2)oc2ccccc23)nc2ccccc12.c1ccc2cc3c(cc2c1)c1c2ccccc2ccc1n3-c1nc(-c2ccc3c(c2)sc2ccccc23)nc2ccccc12. The van der Waals surface area contributed by atoms with Gasteiger partial charge in [-0.3, -0.25) is 13.7 Å². The van der Waals surface area contributed by atoms with Crippen LogP contribution in [0.15, 0.2) is 423 Å². The molecule has 21 aromatic carbocycles. The fourth-order valence-corrected chi connectivity index (χ4v) is 22.8. The molecule has 10 nitrogen and oxygen atoms in total. The highest BCUT2D eigenvalue weighted by Gasteiger charge is 2.36. The second kappa shape index (κ2) is 29.3. The Morgan fingerprint density at radius 2 is 0.560 bits per heavy atom. The number of fused-ring (bicyclic) bond motifs is 29. The van der Waals surface area contributed by atoms with Gasteiger partial charge in [-0.05, 0) is 220 Å². The molecule has 0 bridgehead atoms. The summed E-state index contributed by atoms with van der Waals surface area (Å²) in [5.74, 6) is 4.79. The molecule has 0 saturated carbocycles. The highest BCUT2D eigenvalue weighted by atomic mass is 32.1. The van der Waals surface area contributed by atoms with Crippen LogP contribution in [0.3, 0.4) is 0 Å². The van der Waals surface area contributed by atoms with Crippen molar-refractivity contribution in [1.82, 2.24) is 43.6 Å². The molecule has 8 aromatic heterocycles. The van der Waals surface area contributed by atoms with E-state index in [0.717, 1.165) is 134 Å². The predicted molar refractivity (Wildman–Crippen MR) is 561 cm³/mol. The van der Waals surface area contributed by atoms with Gasteiger partial charge in [-0.15, -0.1) is 11.3 Å². The van der Waals surface area contributed by atoms with E-state index in [4.69, 9.17) is 34.3 Å². The van der Waals surface area contributed by atoms with Crippen molar-refractivity contribution in [2.24, 2.45) is 0 Å². The van der Waals surface area contributed by atoms with Crippen molar-refractivity contribution in [3.63, 3.8) is 0 Å². The van der Waals surface area contributed by atoms with Crippen LogP contribution in [0, 0.1) is 0 Å². The van der Waals surface area contributed by atoms with Crippen molar-refractivity contribution in [2.75, 3.05) is 0 Å². The number of hydrogen-bond donors (Lipinski definition) is 0. The van der Waals surface area contributed by atoms with E-state index in [0.29, 0.717) is 5.82 Å². The lowest BCUT2D eigenvalue weighted by Gasteiger charge is -2.22. The molecule has 30 rings (SSSR count). The van der Waals surface area contributed by atoms with Crippen LogP contribution in [-0.2, 0) is 5.41 Å². The Bertz CT molecular complexity index is 9650. The van der Waals surface area contributed by atoms with E-state index in [9.17, 15) is 0 Å². The van der Waals surface area contributed by atoms with Gasteiger partial charge < -0.3 is 4.42 Å². The standard InChI is InChI=1S/C43H29N3.C40H23N3O.C40H23N3S/c1-43(2)36-17-9-7-15-31(36)32-20-19-30(23-37(32)43)41-44-38-18-10-8-16-33(38)42(45-41)46-39-24-28-13-5-3-11-26(28)21-34(39)35-22-27-12-4-6-14-29(27)25-40(35)46;2*1-2-11-26-22-35-32(21-25(26)10-1)38-28-12-4-3-9-24(28)18-20-34(38)43(35)40-31-14-5-7-15-33(31)41-39(42-40)27-17-19-30-29-13-6-8-16-36(29)44-37(30)23-27/h3-25H,1-2H3;2*1-23H. The summed E-state index contributed by atoms with van der Waals surface area (Å²) in [6, 6.07) is 150. The first kappa shape index (κ1) is 75.6. The molecule has 0 aliphatic heterocycles. The third-order valence-electron chi connectivity index (χ3n) is 28.0. The lowest BCUT2D eigenvalue weighted by Crippen LogP contribution is -2.15. The molecule has 11 heteroatoms. The van der Waals surface area contributed by atoms with Crippen LogP contribution in [0.1, 0.15) is 25.0 Å². The Morgan fingerprint density at radius 1 is 0.216 bits per heavy atom. The molecule has 0 atom stereocenters. The molecule has 134 heavy (non-hydrogen) atoms. The summed E-state index contributed by atoms with van der Waals surface area (Å²) < 4.78 is 15.8. The van der Waals surface area contributed by atoms with Gasteiger partial charge in [0, 0.05) is 102 Å². The van der Waals surface area contributed by atoms with Gasteiger partial charge in [-0.25, -0.2) is 29.9 Å². The van der Waals surface area contributed by atoms with Gasteiger partial charge in [0.1, 0.15) is 28.6 Å². The highest BCUT2D eigenvalue weighted by Crippen LogP contribution is 2.51. The van der Waals surface area contributed by atoms with Gasteiger partial charge in [0.2, 0.25) is 0 Å². The third kappa shape index (κ3) is 11.7. The Morgan fingerprint density at radius 3 is 1.06 bits per heavy atom. The van der Waals surface area contributed by atoms with E-state index in [-0.39, 0.29) is 5.41 Å². The zero-order chi connectivity index (χ0) is 88.1. The number of rotatable bonds is 6. The second-order valence-electron chi connectivity index (χ2n) is 35.9. The fourth-order valence-electron chi connectivity index (χ4n) is 21.7. The van der Waals surface area contributed by atoms with Crippen molar-refractivity contribution >= 4 is 216 Å². The molecular weight excluding hydrogens is 1650 g/mol. The van der Waals surface area contributed by atoms with Crippen LogP contribution < -0.4 is 0 Å². The van der Waals surface area contributed by atoms with Crippen molar-refractivity contribution in [2.45, 2.75) is 19.3 Å². The molecule has 8 heterocycles. The minimum Gasteiger partial charge on any atom is -0.456 e. The lowest BCUT2D eigenvalue weighted by molar-refractivity contribution is 0.660. The minimum absolute atomic E-state index is 0.101. The van der Waals surface area contributed by atoms with E-state index < -0.39 is 0 Å². The summed E-state index contributed by atoms with van der Waals surface area (Å²) in [5.41, 5.74) is 19.5. The predicted octanol–water partition coefficient (Wildman–Crippen LogP) is 32.7. The second-order valence-corrected chi connectivity index (χ2v) is 37.0. The van der Waals surface area contributed by atoms with Gasteiger partial charge in [-0.1, -0.05) is 299 Å². The number of para-hydroxylation sites is 4. The molecule has 0 saturated heterocycles.